The molecule has 0 aromatic heterocycles. The van der Waals surface area contributed by atoms with Crippen molar-refractivity contribution in [3.05, 3.63) is 11.3 Å². The van der Waals surface area contributed by atoms with Crippen LogP contribution in [0.1, 0.15) is 20.8 Å². The number of carbonyl (C=O) groups excluding carboxylic acids is 1. The lowest BCUT2D eigenvalue weighted by Gasteiger charge is -2.06. The van der Waals surface area contributed by atoms with Crippen LogP contribution in [0.2, 0.25) is 0 Å². The van der Waals surface area contributed by atoms with Gasteiger partial charge in [0.05, 0.1) is 0 Å². The highest BCUT2D eigenvalue weighted by molar-refractivity contribution is 5.92. The van der Waals surface area contributed by atoms with Crippen LogP contribution in [0.25, 0.3) is 0 Å². The summed E-state index contributed by atoms with van der Waals surface area (Å²) in [5.74, 6) is -0.282. The minimum Gasteiger partial charge on any atom is -0.875 e. The van der Waals surface area contributed by atoms with Gasteiger partial charge >= 0.3 is 0 Å². The van der Waals surface area contributed by atoms with E-state index in [1.165, 1.54) is 20.8 Å². The van der Waals surface area contributed by atoms with Crippen LogP contribution >= 0.6 is 0 Å². The Balaban J connectivity index is 4.23. The van der Waals surface area contributed by atoms with Crippen LogP contribution in [0.5, 0.6) is 0 Å². The first kappa shape index (κ1) is 7.21. The van der Waals surface area contributed by atoms with Gasteiger partial charge in [-0.05, 0) is 19.4 Å². The van der Waals surface area contributed by atoms with Crippen LogP contribution in [-0.4, -0.2) is 5.78 Å². The standard InChI is InChI=1S/C6H10O2/c1-4(5(2)7)6(3)8/h7H,1-3H3/p-1. The number of hydrogen-bond acceptors (Lipinski definition) is 2. The third-order valence-corrected chi connectivity index (χ3v) is 1.06. The van der Waals surface area contributed by atoms with Gasteiger partial charge in [0.1, 0.15) is 0 Å². The fourth-order valence-corrected chi connectivity index (χ4v) is 0.248. The molecule has 0 aliphatic rings. The largest absolute Gasteiger partial charge is 0.875 e. The molecule has 0 aromatic rings. The third-order valence-electron chi connectivity index (χ3n) is 1.06. The lowest BCUT2D eigenvalue weighted by molar-refractivity contribution is -0.303. The highest BCUT2D eigenvalue weighted by atomic mass is 16.3. The van der Waals surface area contributed by atoms with Gasteiger partial charge in [-0.3, -0.25) is 4.79 Å². The third kappa shape index (κ3) is 1.78. The summed E-state index contributed by atoms with van der Waals surface area (Å²) >= 11 is 0. The Kier molecular flexibility index (Phi) is 2.25. The molecular formula is C6H9O2-. The van der Waals surface area contributed by atoms with Gasteiger partial charge in [0, 0.05) is 0 Å². The summed E-state index contributed by atoms with van der Waals surface area (Å²) < 4.78 is 0. The first-order chi connectivity index (χ1) is 3.55. The van der Waals surface area contributed by atoms with E-state index in [1.54, 1.807) is 0 Å². The van der Waals surface area contributed by atoms with Gasteiger partial charge in [0.15, 0.2) is 5.78 Å². The van der Waals surface area contributed by atoms with E-state index in [9.17, 15) is 9.90 Å². The topological polar surface area (TPSA) is 40.1 Å². The van der Waals surface area contributed by atoms with Crippen molar-refractivity contribution in [1.29, 1.82) is 0 Å². The normalized spacial score (nSPS) is 12.9. The Morgan fingerprint density at radius 2 is 1.62 bits per heavy atom. The molecule has 0 fully saturated rings. The number of hydrogen-bond donors (Lipinski definition) is 0. The van der Waals surface area contributed by atoms with E-state index < -0.39 is 0 Å². The van der Waals surface area contributed by atoms with E-state index in [0.717, 1.165) is 0 Å². The van der Waals surface area contributed by atoms with Crippen molar-refractivity contribution in [3.63, 3.8) is 0 Å². The van der Waals surface area contributed by atoms with Crippen molar-refractivity contribution < 1.29 is 9.90 Å². The zero-order valence-electron chi connectivity index (χ0n) is 5.32. The van der Waals surface area contributed by atoms with Crippen molar-refractivity contribution in [1.82, 2.24) is 0 Å². The second-order valence-electron chi connectivity index (χ2n) is 1.74. The zero-order chi connectivity index (χ0) is 6.73. The minimum atomic E-state index is -0.141. The number of carbonyl (C=O) groups is 1. The molecule has 46 valence electrons. The average molecular weight is 113 g/mol. The van der Waals surface area contributed by atoms with Gasteiger partial charge in [-0.1, -0.05) is 6.92 Å². The van der Waals surface area contributed by atoms with Crippen LogP contribution in [0.4, 0.5) is 0 Å². The molecule has 0 heterocycles. The Morgan fingerprint density at radius 1 is 1.25 bits per heavy atom. The molecule has 0 aliphatic carbocycles. The van der Waals surface area contributed by atoms with Crippen LogP contribution in [0.15, 0.2) is 11.3 Å². The summed E-state index contributed by atoms with van der Waals surface area (Å²) in [5.41, 5.74) is 0.324. The monoisotopic (exact) mass is 113 g/mol. The maximum atomic E-state index is 10.3. The van der Waals surface area contributed by atoms with Crippen LogP contribution < -0.4 is 5.11 Å². The predicted molar refractivity (Wildman–Crippen MR) is 29.1 cm³/mol. The predicted octanol–water partition coefficient (Wildman–Crippen LogP) is 0.230. The van der Waals surface area contributed by atoms with E-state index in [4.69, 9.17) is 0 Å². The second-order valence-corrected chi connectivity index (χ2v) is 1.74. The quantitative estimate of drug-likeness (QED) is 0.360. The first-order valence-corrected chi connectivity index (χ1v) is 2.41. The van der Waals surface area contributed by atoms with Gasteiger partial charge in [-0.25, -0.2) is 0 Å². The SMILES string of the molecule is CC(=O)C(C)=C(C)[O-]. The summed E-state index contributed by atoms with van der Waals surface area (Å²) in [6, 6.07) is 0. The maximum absolute atomic E-state index is 10.3. The summed E-state index contributed by atoms with van der Waals surface area (Å²) in [6.07, 6.45) is 0. The van der Waals surface area contributed by atoms with Crippen LogP contribution in [0.3, 0.4) is 0 Å². The summed E-state index contributed by atoms with van der Waals surface area (Å²) in [4.78, 5) is 10.3. The molecule has 0 saturated heterocycles. The lowest BCUT2D eigenvalue weighted by atomic mass is 10.2. The van der Waals surface area contributed by atoms with Crippen molar-refractivity contribution in [2.45, 2.75) is 20.8 Å². The smallest absolute Gasteiger partial charge is 0.154 e. The molecule has 0 bridgehead atoms. The van der Waals surface area contributed by atoms with E-state index >= 15 is 0 Å². The molecule has 2 nitrogen and oxygen atoms in total. The minimum absolute atomic E-state index is 0.141. The van der Waals surface area contributed by atoms with Gasteiger partial charge < -0.3 is 5.11 Å². The summed E-state index contributed by atoms with van der Waals surface area (Å²) in [5, 5.41) is 10.3. The molecule has 0 amide bonds. The number of Topliss-reactive ketones (excluding diaryl/α,β-unsaturated/α-hetero) is 1. The first-order valence-electron chi connectivity index (χ1n) is 2.41. The number of allylic oxidation sites excluding steroid dienone is 2. The van der Waals surface area contributed by atoms with Crippen molar-refractivity contribution >= 4 is 5.78 Å². The second kappa shape index (κ2) is 2.50. The van der Waals surface area contributed by atoms with Crippen LogP contribution in [-0.2, 0) is 4.79 Å². The molecule has 0 aromatic carbocycles. The Hall–Kier alpha value is -0.790. The highest BCUT2D eigenvalue weighted by Gasteiger charge is 1.91. The molecule has 2 heteroatoms. The number of rotatable bonds is 1. The van der Waals surface area contributed by atoms with Crippen molar-refractivity contribution in [3.8, 4) is 0 Å². The maximum Gasteiger partial charge on any atom is 0.154 e. The zero-order valence-corrected chi connectivity index (χ0v) is 5.32. The van der Waals surface area contributed by atoms with Crippen molar-refractivity contribution in [2.24, 2.45) is 0 Å². The van der Waals surface area contributed by atoms with Gasteiger partial charge in [0.2, 0.25) is 0 Å². The van der Waals surface area contributed by atoms with E-state index in [2.05, 4.69) is 0 Å². The molecule has 0 saturated carbocycles. The molecule has 8 heavy (non-hydrogen) atoms. The molecule has 0 aliphatic heterocycles. The van der Waals surface area contributed by atoms with Gasteiger partial charge in [-0.15, -0.1) is 5.76 Å². The number of ketones is 1. The molecule has 0 radical (unpaired) electrons. The molecule has 0 N–H and O–H groups in total. The average Bonchev–Trinajstić information content (AvgIpc) is 1.64. The van der Waals surface area contributed by atoms with Crippen molar-refractivity contribution in [2.75, 3.05) is 0 Å². The molecule has 0 unspecified atom stereocenters. The van der Waals surface area contributed by atoms with Gasteiger partial charge in [0.25, 0.3) is 0 Å². The lowest BCUT2D eigenvalue weighted by Crippen LogP contribution is -2.06. The fourth-order valence-electron chi connectivity index (χ4n) is 0.248. The van der Waals surface area contributed by atoms with E-state index in [0.29, 0.717) is 5.57 Å². The Labute approximate surface area is 48.8 Å². The van der Waals surface area contributed by atoms with Crippen LogP contribution in [0, 0.1) is 0 Å². The summed E-state index contributed by atoms with van der Waals surface area (Å²) in [6.45, 7) is 4.30. The molecular weight excluding hydrogens is 104 g/mol. The molecule has 0 atom stereocenters. The highest BCUT2D eigenvalue weighted by Crippen LogP contribution is 1.95. The fraction of sp³-hybridized carbons (Fsp3) is 0.500. The molecule has 0 spiro atoms. The van der Waals surface area contributed by atoms with Gasteiger partial charge in [-0.2, -0.15) is 0 Å². The van der Waals surface area contributed by atoms with E-state index in [-0.39, 0.29) is 11.5 Å². The Morgan fingerprint density at radius 3 is 1.62 bits per heavy atom. The Bertz CT molecular complexity index is 129. The molecule has 0 rings (SSSR count). The van der Waals surface area contributed by atoms with E-state index in [1.807, 2.05) is 0 Å². The summed E-state index contributed by atoms with van der Waals surface area (Å²) in [7, 11) is 0.